The molecule has 0 amide bonds. The third-order valence-electron chi connectivity index (χ3n) is 6.88. The van der Waals surface area contributed by atoms with Crippen LogP contribution in [0.3, 0.4) is 0 Å². The molecule has 7 heteroatoms. The maximum Gasteiger partial charge on any atom is 0.191 e. The Bertz CT molecular complexity index is 697. The molecule has 2 fully saturated rings. The van der Waals surface area contributed by atoms with Crippen molar-refractivity contribution in [1.29, 1.82) is 0 Å². The third-order valence-corrected chi connectivity index (χ3v) is 6.88. The van der Waals surface area contributed by atoms with E-state index in [4.69, 9.17) is 4.74 Å². The van der Waals surface area contributed by atoms with Gasteiger partial charge in [0.05, 0.1) is 7.11 Å². The Balaban J connectivity index is 0.00000341. The lowest BCUT2D eigenvalue weighted by atomic mass is 9.84. The summed E-state index contributed by atoms with van der Waals surface area (Å²) < 4.78 is 5.52. The van der Waals surface area contributed by atoms with Crippen molar-refractivity contribution in [2.45, 2.75) is 51.0 Å². The number of piperidine rings is 2. The Morgan fingerprint density at radius 1 is 1.10 bits per heavy atom. The van der Waals surface area contributed by atoms with E-state index >= 15 is 0 Å². The van der Waals surface area contributed by atoms with Crippen molar-refractivity contribution in [3.05, 3.63) is 29.3 Å². The van der Waals surface area contributed by atoms with Crippen molar-refractivity contribution < 1.29 is 4.74 Å². The van der Waals surface area contributed by atoms with Crippen LogP contribution in [0.5, 0.6) is 5.75 Å². The van der Waals surface area contributed by atoms with Gasteiger partial charge in [-0.25, -0.2) is 0 Å². The first-order valence-corrected chi connectivity index (χ1v) is 11.6. The summed E-state index contributed by atoms with van der Waals surface area (Å²) in [6, 6.07) is 6.36. The lowest BCUT2D eigenvalue weighted by Crippen LogP contribution is -2.62. The minimum Gasteiger partial charge on any atom is -0.496 e. The largest absolute Gasteiger partial charge is 0.496 e. The number of benzene rings is 1. The summed E-state index contributed by atoms with van der Waals surface area (Å²) in [7, 11) is 5.85. The Morgan fingerprint density at radius 3 is 2.45 bits per heavy atom. The number of rotatable bonds is 7. The predicted octanol–water partition coefficient (Wildman–Crippen LogP) is 3.28. The van der Waals surface area contributed by atoms with Gasteiger partial charge in [-0.1, -0.05) is 24.1 Å². The second kappa shape index (κ2) is 12.8. The molecule has 31 heavy (non-hydrogen) atoms. The first-order valence-electron chi connectivity index (χ1n) is 11.6. The summed E-state index contributed by atoms with van der Waals surface area (Å²) in [6.07, 6.45) is 7.42. The fourth-order valence-corrected chi connectivity index (χ4v) is 4.89. The van der Waals surface area contributed by atoms with E-state index in [1.54, 1.807) is 7.11 Å². The smallest absolute Gasteiger partial charge is 0.191 e. The number of aliphatic imine (C=N–C) groups is 1. The van der Waals surface area contributed by atoms with Crippen LogP contribution in [-0.2, 0) is 6.42 Å². The minimum absolute atomic E-state index is 0. The van der Waals surface area contributed by atoms with E-state index in [0.29, 0.717) is 0 Å². The highest BCUT2D eigenvalue weighted by Gasteiger charge is 2.39. The molecule has 6 nitrogen and oxygen atoms in total. The Labute approximate surface area is 206 Å². The van der Waals surface area contributed by atoms with E-state index in [1.807, 2.05) is 7.05 Å². The monoisotopic (exact) mass is 543 g/mol. The number of guanidine groups is 1. The van der Waals surface area contributed by atoms with Crippen molar-refractivity contribution in [2.24, 2.45) is 4.99 Å². The SMILES string of the molecule is CN=C(NCCc1cc(C)ccc1OC)NCC1(N2CCCCC2)CCN(C)CC1.I. The molecule has 0 saturated carbocycles. The molecule has 0 bridgehead atoms. The molecule has 2 aliphatic rings. The fourth-order valence-electron chi connectivity index (χ4n) is 4.89. The van der Waals surface area contributed by atoms with Crippen LogP contribution < -0.4 is 15.4 Å². The summed E-state index contributed by atoms with van der Waals surface area (Å²) in [5, 5.41) is 7.18. The van der Waals surface area contributed by atoms with Crippen molar-refractivity contribution in [2.75, 3.05) is 60.5 Å². The van der Waals surface area contributed by atoms with Crippen molar-refractivity contribution in [1.82, 2.24) is 20.4 Å². The van der Waals surface area contributed by atoms with Gasteiger partial charge < -0.3 is 20.3 Å². The molecule has 2 heterocycles. The predicted molar refractivity (Wildman–Crippen MR) is 141 cm³/mol. The first-order chi connectivity index (χ1) is 14.6. The summed E-state index contributed by atoms with van der Waals surface area (Å²) >= 11 is 0. The Kier molecular flexibility index (Phi) is 10.9. The summed E-state index contributed by atoms with van der Waals surface area (Å²) in [5.41, 5.74) is 2.75. The average molecular weight is 544 g/mol. The van der Waals surface area contributed by atoms with Crippen LogP contribution >= 0.6 is 24.0 Å². The summed E-state index contributed by atoms with van der Waals surface area (Å²) in [5.74, 6) is 1.86. The number of likely N-dealkylation sites (tertiary alicyclic amines) is 2. The van der Waals surface area contributed by atoms with E-state index < -0.39 is 0 Å². The molecule has 0 unspecified atom stereocenters. The van der Waals surface area contributed by atoms with Crippen molar-refractivity contribution >= 4 is 29.9 Å². The van der Waals surface area contributed by atoms with Crippen LogP contribution in [0.15, 0.2) is 23.2 Å². The highest BCUT2D eigenvalue weighted by molar-refractivity contribution is 14.0. The Hall–Kier alpha value is -1.06. The molecular weight excluding hydrogens is 501 g/mol. The lowest BCUT2D eigenvalue weighted by Gasteiger charge is -2.50. The molecule has 176 valence electrons. The maximum atomic E-state index is 5.52. The molecule has 2 aliphatic heterocycles. The Morgan fingerprint density at radius 2 is 1.81 bits per heavy atom. The second-order valence-corrected chi connectivity index (χ2v) is 8.99. The molecule has 2 N–H and O–H groups in total. The zero-order valence-electron chi connectivity index (χ0n) is 19.9. The van der Waals surface area contributed by atoms with Gasteiger partial charge >= 0.3 is 0 Å². The second-order valence-electron chi connectivity index (χ2n) is 8.99. The molecule has 3 rings (SSSR count). The quantitative estimate of drug-likeness (QED) is 0.314. The number of ether oxygens (including phenoxy) is 1. The van der Waals surface area contributed by atoms with Crippen LogP contribution in [0, 0.1) is 6.92 Å². The number of hydrogen-bond acceptors (Lipinski definition) is 4. The van der Waals surface area contributed by atoms with E-state index in [0.717, 1.165) is 31.2 Å². The number of hydrogen-bond donors (Lipinski definition) is 2. The average Bonchev–Trinajstić information content (AvgIpc) is 2.78. The van der Waals surface area contributed by atoms with E-state index in [1.165, 1.54) is 69.4 Å². The van der Waals surface area contributed by atoms with Gasteiger partial charge in [-0.3, -0.25) is 9.89 Å². The molecule has 2 saturated heterocycles. The van der Waals surface area contributed by atoms with E-state index in [-0.39, 0.29) is 29.5 Å². The van der Waals surface area contributed by atoms with Crippen molar-refractivity contribution in [3.8, 4) is 5.75 Å². The topological polar surface area (TPSA) is 52.1 Å². The number of nitrogens with one attached hydrogen (secondary N) is 2. The highest BCUT2D eigenvalue weighted by Crippen LogP contribution is 2.30. The van der Waals surface area contributed by atoms with Crippen LogP contribution in [0.4, 0.5) is 0 Å². The van der Waals surface area contributed by atoms with Gasteiger partial charge in [0.15, 0.2) is 5.96 Å². The number of halogens is 1. The minimum atomic E-state index is 0. The van der Waals surface area contributed by atoms with Gasteiger partial charge in [-0.05, 0) is 83.9 Å². The van der Waals surface area contributed by atoms with Gasteiger partial charge in [0.25, 0.3) is 0 Å². The molecular formula is C24H42IN5O. The number of methoxy groups -OCH3 is 1. The van der Waals surface area contributed by atoms with E-state index in [9.17, 15) is 0 Å². The van der Waals surface area contributed by atoms with Crippen molar-refractivity contribution in [3.63, 3.8) is 0 Å². The number of nitrogens with zero attached hydrogens (tertiary/aromatic N) is 3. The fraction of sp³-hybridized carbons (Fsp3) is 0.708. The lowest BCUT2D eigenvalue weighted by molar-refractivity contribution is 0.0173. The zero-order valence-corrected chi connectivity index (χ0v) is 22.2. The number of aryl methyl sites for hydroxylation is 1. The van der Waals surface area contributed by atoms with Crippen LogP contribution in [0.2, 0.25) is 0 Å². The van der Waals surface area contributed by atoms with Crippen LogP contribution in [0.1, 0.15) is 43.2 Å². The van der Waals surface area contributed by atoms with Gasteiger partial charge in [-0.15, -0.1) is 24.0 Å². The zero-order chi connectivity index (χ0) is 21.4. The molecule has 0 atom stereocenters. The van der Waals surface area contributed by atoms with Gasteiger partial charge in [0.2, 0.25) is 0 Å². The van der Waals surface area contributed by atoms with E-state index in [2.05, 4.69) is 57.6 Å². The summed E-state index contributed by atoms with van der Waals surface area (Å²) in [6.45, 7) is 8.76. The molecule has 1 aromatic rings. The molecule has 1 aromatic carbocycles. The third kappa shape index (κ3) is 7.22. The molecule has 0 aliphatic carbocycles. The van der Waals surface area contributed by atoms with Gasteiger partial charge in [0.1, 0.15) is 5.75 Å². The maximum absolute atomic E-state index is 5.52. The molecule has 0 radical (unpaired) electrons. The highest BCUT2D eigenvalue weighted by atomic mass is 127. The first kappa shape index (κ1) is 26.2. The normalized spacial score (nSPS) is 20.1. The molecule has 0 aromatic heterocycles. The summed E-state index contributed by atoms with van der Waals surface area (Å²) in [4.78, 5) is 9.72. The van der Waals surface area contributed by atoms with Crippen LogP contribution in [-0.4, -0.2) is 81.8 Å². The molecule has 0 spiro atoms. The van der Waals surface area contributed by atoms with Gasteiger partial charge in [0, 0.05) is 25.7 Å². The van der Waals surface area contributed by atoms with Crippen LogP contribution in [0.25, 0.3) is 0 Å². The van der Waals surface area contributed by atoms with Gasteiger partial charge in [-0.2, -0.15) is 0 Å². The standard InChI is InChI=1S/C24H41N5O.HI/c1-20-8-9-22(30-4)21(18-20)10-13-26-23(25-2)27-19-24(11-16-28(3)17-12-24)29-14-6-5-7-15-29;/h8-9,18H,5-7,10-17,19H2,1-4H3,(H2,25,26,27);1H.